The van der Waals surface area contributed by atoms with E-state index in [1.807, 2.05) is 31.6 Å². The third-order valence-electron chi connectivity index (χ3n) is 2.78. The lowest BCUT2D eigenvalue weighted by atomic mass is 10.3. The first-order chi connectivity index (χ1) is 9.15. The first kappa shape index (κ1) is 14.1. The predicted molar refractivity (Wildman–Crippen MR) is 76.7 cm³/mol. The van der Waals surface area contributed by atoms with Crippen molar-refractivity contribution in [3.63, 3.8) is 0 Å². The van der Waals surface area contributed by atoms with Gasteiger partial charge in [0.1, 0.15) is 5.82 Å². The fraction of sp³-hybridized carbons (Fsp3) is 0.357. The second-order valence-electron chi connectivity index (χ2n) is 4.54. The maximum Gasteiger partial charge on any atom is 0.136 e. The molecule has 1 aromatic carbocycles. The molecule has 1 heterocycles. The van der Waals surface area contributed by atoms with E-state index >= 15 is 0 Å². The van der Waals surface area contributed by atoms with Crippen molar-refractivity contribution < 1.29 is 4.39 Å². The molecule has 0 bridgehead atoms. The number of nitrogens with zero attached hydrogens (tertiary/aromatic N) is 3. The molecule has 0 saturated heterocycles. The van der Waals surface area contributed by atoms with E-state index < -0.39 is 0 Å². The van der Waals surface area contributed by atoms with E-state index in [1.54, 1.807) is 22.5 Å². The van der Waals surface area contributed by atoms with Crippen LogP contribution < -0.4 is 0 Å². The smallest absolute Gasteiger partial charge is 0.136 e. The molecule has 5 heteroatoms. The van der Waals surface area contributed by atoms with Crippen LogP contribution in [-0.2, 0) is 13.6 Å². The Labute approximate surface area is 117 Å². The molecule has 0 fully saturated rings. The summed E-state index contributed by atoms with van der Waals surface area (Å²) in [5.41, 5.74) is 1.20. The second kappa shape index (κ2) is 6.73. The van der Waals surface area contributed by atoms with Crippen molar-refractivity contribution in [3.8, 4) is 0 Å². The average molecular weight is 279 g/mol. The zero-order valence-electron chi connectivity index (χ0n) is 11.2. The van der Waals surface area contributed by atoms with Crippen LogP contribution >= 0.6 is 11.8 Å². The average Bonchev–Trinajstić information content (AvgIpc) is 2.77. The van der Waals surface area contributed by atoms with Gasteiger partial charge in [0.05, 0.1) is 6.20 Å². The van der Waals surface area contributed by atoms with Gasteiger partial charge in [-0.1, -0.05) is 12.1 Å². The predicted octanol–water partition coefficient (Wildman–Crippen LogP) is 2.78. The molecule has 0 unspecified atom stereocenters. The summed E-state index contributed by atoms with van der Waals surface area (Å²) in [6, 6.07) is 6.90. The van der Waals surface area contributed by atoms with Gasteiger partial charge in [-0.3, -0.25) is 4.68 Å². The quantitative estimate of drug-likeness (QED) is 0.759. The zero-order valence-corrected chi connectivity index (χ0v) is 12.0. The van der Waals surface area contributed by atoms with Crippen LogP contribution in [0.5, 0.6) is 0 Å². The van der Waals surface area contributed by atoms with Crippen molar-refractivity contribution >= 4 is 11.8 Å². The van der Waals surface area contributed by atoms with Gasteiger partial charge in [-0.15, -0.1) is 11.8 Å². The lowest BCUT2D eigenvalue weighted by Gasteiger charge is -2.15. The standard InChI is InChI=1S/C14H18FN3S/c1-17(10-12-9-16-18(2)11-12)7-8-19-14-6-4-3-5-13(14)15/h3-6,9,11H,7-8,10H2,1-2H3. The number of rotatable bonds is 6. The van der Waals surface area contributed by atoms with E-state index in [0.29, 0.717) is 0 Å². The summed E-state index contributed by atoms with van der Waals surface area (Å²) >= 11 is 1.55. The van der Waals surface area contributed by atoms with Crippen molar-refractivity contribution in [2.24, 2.45) is 7.05 Å². The Morgan fingerprint density at radius 2 is 2.16 bits per heavy atom. The molecular formula is C14H18FN3S. The van der Waals surface area contributed by atoms with Crippen molar-refractivity contribution in [2.75, 3.05) is 19.3 Å². The first-order valence-electron chi connectivity index (χ1n) is 6.18. The highest BCUT2D eigenvalue weighted by molar-refractivity contribution is 7.99. The fourth-order valence-electron chi connectivity index (χ4n) is 1.82. The molecule has 3 nitrogen and oxygen atoms in total. The summed E-state index contributed by atoms with van der Waals surface area (Å²) in [5.74, 6) is 0.736. The molecule has 0 N–H and O–H groups in total. The lowest BCUT2D eigenvalue weighted by Crippen LogP contribution is -2.20. The van der Waals surface area contributed by atoms with Gasteiger partial charge in [0, 0.05) is 42.5 Å². The van der Waals surface area contributed by atoms with Crippen molar-refractivity contribution in [1.82, 2.24) is 14.7 Å². The Morgan fingerprint density at radius 1 is 1.37 bits per heavy atom. The van der Waals surface area contributed by atoms with Gasteiger partial charge in [-0.2, -0.15) is 5.10 Å². The Bertz CT molecular complexity index is 527. The molecule has 0 aliphatic rings. The van der Waals surface area contributed by atoms with Gasteiger partial charge in [0.2, 0.25) is 0 Å². The Kier molecular flexibility index (Phi) is 4.99. The number of benzene rings is 1. The van der Waals surface area contributed by atoms with E-state index in [-0.39, 0.29) is 5.82 Å². The summed E-state index contributed by atoms with van der Waals surface area (Å²) < 4.78 is 15.2. The van der Waals surface area contributed by atoms with Gasteiger partial charge in [-0.25, -0.2) is 4.39 Å². The largest absolute Gasteiger partial charge is 0.301 e. The van der Waals surface area contributed by atoms with Gasteiger partial charge < -0.3 is 4.90 Å². The molecule has 0 radical (unpaired) electrons. The fourth-order valence-corrected chi connectivity index (χ4v) is 2.82. The van der Waals surface area contributed by atoms with Crippen LogP contribution in [0, 0.1) is 5.82 Å². The Balaban J connectivity index is 1.75. The van der Waals surface area contributed by atoms with E-state index in [4.69, 9.17) is 0 Å². The van der Waals surface area contributed by atoms with E-state index in [9.17, 15) is 4.39 Å². The summed E-state index contributed by atoms with van der Waals surface area (Å²) in [7, 11) is 3.98. The molecule has 0 aliphatic heterocycles. The highest BCUT2D eigenvalue weighted by atomic mass is 32.2. The number of hydrogen-bond donors (Lipinski definition) is 0. The maximum atomic E-state index is 13.4. The molecule has 0 saturated carbocycles. The van der Waals surface area contributed by atoms with Gasteiger partial charge in [0.15, 0.2) is 0 Å². The van der Waals surface area contributed by atoms with Crippen LogP contribution in [-0.4, -0.2) is 34.0 Å². The molecule has 0 atom stereocenters. The number of thioether (sulfide) groups is 1. The number of aryl methyl sites for hydroxylation is 1. The molecule has 102 valence electrons. The molecular weight excluding hydrogens is 261 g/mol. The molecule has 0 aliphatic carbocycles. The Morgan fingerprint density at radius 3 is 2.84 bits per heavy atom. The van der Waals surface area contributed by atoms with Crippen LogP contribution in [0.25, 0.3) is 0 Å². The van der Waals surface area contributed by atoms with Crippen molar-refractivity contribution in [1.29, 1.82) is 0 Å². The van der Waals surface area contributed by atoms with E-state index in [2.05, 4.69) is 17.0 Å². The third-order valence-corrected chi connectivity index (χ3v) is 3.81. The molecule has 19 heavy (non-hydrogen) atoms. The normalized spacial score (nSPS) is 11.2. The van der Waals surface area contributed by atoms with Crippen LogP contribution in [0.4, 0.5) is 4.39 Å². The summed E-state index contributed by atoms with van der Waals surface area (Å²) in [5, 5.41) is 4.14. The lowest BCUT2D eigenvalue weighted by molar-refractivity contribution is 0.348. The molecule has 2 aromatic rings. The second-order valence-corrected chi connectivity index (χ2v) is 5.68. The highest BCUT2D eigenvalue weighted by Gasteiger charge is 2.04. The van der Waals surface area contributed by atoms with Crippen LogP contribution in [0.2, 0.25) is 0 Å². The first-order valence-corrected chi connectivity index (χ1v) is 7.17. The number of aromatic nitrogens is 2. The van der Waals surface area contributed by atoms with Crippen LogP contribution in [0.1, 0.15) is 5.56 Å². The van der Waals surface area contributed by atoms with Gasteiger partial charge >= 0.3 is 0 Å². The van der Waals surface area contributed by atoms with E-state index in [0.717, 1.165) is 23.7 Å². The van der Waals surface area contributed by atoms with Crippen molar-refractivity contribution in [2.45, 2.75) is 11.4 Å². The number of hydrogen-bond acceptors (Lipinski definition) is 3. The highest BCUT2D eigenvalue weighted by Crippen LogP contribution is 2.21. The molecule has 2 rings (SSSR count). The summed E-state index contributed by atoms with van der Waals surface area (Å²) in [4.78, 5) is 2.93. The van der Waals surface area contributed by atoms with Crippen molar-refractivity contribution in [3.05, 3.63) is 48.0 Å². The minimum Gasteiger partial charge on any atom is -0.301 e. The Hall–Kier alpha value is -1.33. The molecule has 0 amide bonds. The maximum absolute atomic E-state index is 13.4. The van der Waals surface area contributed by atoms with E-state index in [1.165, 1.54) is 11.6 Å². The summed E-state index contributed by atoms with van der Waals surface area (Å²) in [6.45, 7) is 1.78. The summed E-state index contributed by atoms with van der Waals surface area (Å²) in [6.07, 6.45) is 3.89. The third kappa shape index (κ3) is 4.36. The molecule has 0 spiro atoms. The minimum atomic E-state index is -0.137. The topological polar surface area (TPSA) is 21.1 Å². The SMILES string of the molecule is CN(CCSc1ccccc1F)Cc1cnn(C)c1. The molecule has 1 aromatic heterocycles. The van der Waals surface area contributed by atoms with Crippen LogP contribution in [0.3, 0.4) is 0 Å². The van der Waals surface area contributed by atoms with Gasteiger partial charge in [-0.05, 0) is 19.2 Å². The monoisotopic (exact) mass is 279 g/mol. The minimum absolute atomic E-state index is 0.137. The van der Waals surface area contributed by atoms with Gasteiger partial charge in [0.25, 0.3) is 0 Å². The zero-order chi connectivity index (χ0) is 13.7. The van der Waals surface area contributed by atoms with Crippen LogP contribution in [0.15, 0.2) is 41.6 Å². The number of halogens is 1.